The molecule has 104 valence electrons. The molecule has 0 saturated carbocycles. The summed E-state index contributed by atoms with van der Waals surface area (Å²) in [6.07, 6.45) is 0. The van der Waals surface area contributed by atoms with Crippen LogP contribution >= 0.6 is 0 Å². The van der Waals surface area contributed by atoms with Crippen molar-refractivity contribution in [3.8, 4) is 11.5 Å². The van der Waals surface area contributed by atoms with Gasteiger partial charge in [0.1, 0.15) is 18.9 Å². The summed E-state index contributed by atoms with van der Waals surface area (Å²) < 4.78 is 35.7. The topological polar surface area (TPSA) is 108 Å². The third-order valence-corrected chi connectivity index (χ3v) is 3.79. The van der Waals surface area contributed by atoms with Crippen LogP contribution in [0.15, 0.2) is 12.1 Å². The second-order valence-electron chi connectivity index (χ2n) is 3.78. The van der Waals surface area contributed by atoms with E-state index < -0.39 is 14.9 Å². The molecule has 1 aliphatic heterocycles. The first-order chi connectivity index (χ1) is 8.93. The van der Waals surface area contributed by atoms with Gasteiger partial charge in [-0.25, -0.2) is 8.42 Å². The normalized spacial score (nSPS) is 13.9. The number of hydrogen-bond acceptors (Lipinski definition) is 6. The zero-order valence-corrected chi connectivity index (χ0v) is 10.9. The highest BCUT2D eigenvalue weighted by molar-refractivity contribution is 7.92. The van der Waals surface area contributed by atoms with Gasteiger partial charge in [0.2, 0.25) is 10.0 Å². The number of benzene rings is 1. The van der Waals surface area contributed by atoms with E-state index in [9.17, 15) is 18.5 Å². The molecule has 0 saturated heterocycles. The Kier molecular flexibility index (Phi) is 3.47. The lowest BCUT2D eigenvalue weighted by molar-refractivity contribution is -0.384. The van der Waals surface area contributed by atoms with Crippen molar-refractivity contribution in [1.29, 1.82) is 0 Å². The van der Waals surface area contributed by atoms with Crippen molar-refractivity contribution in [2.24, 2.45) is 0 Å². The van der Waals surface area contributed by atoms with Crippen LogP contribution < -0.4 is 14.2 Å². The number of hydrogen-bond donors (Lipinski definition) is 1. The minimum absolute atomic E-state index is 0.129. The number of nitro benzene ring substituents is 1. The van der Waals surface area contributed by atoms with Gasteiger partial charge >= 0.3 is 0 Å². The Morgan fingerprint density at radius 1 is 1.32 bits per heavy atom. The van der Waals surface area contributed by atoms with Crippen LogP contribution in [0.25, 0.3) is 0 Å². The van der Waals surface area contributed by atoms with Gasteiger partial charge < -0.3 is 9.47 Å². The van der Waals surface area contributed by atoms with Crippen LogP contribution in [-0.2, 0) is 10.0 Å². The van der Waals surface area contributed by atoms with Crippen molar-refractivity contribution in [1.82, 2.24) is 0 Å². The van der Waals surface area contributed by atoms with Gasteiger partial charge in [0, 0.05) is 6.07 Å². The second-order valence-corrected chi connectivity index (χ2v) is 5.79. The summed E-state index contributed by atoms with van der Waals surface area (Å²) in [5.41, 5.74) is -0.502. The van der Waals surface area contributed by atoms with Crippen LogP contribution in [0.5, 0.6) is 11.5 Å². The van der Waals surface area contributed by atoms with Crippen LogP contribution in [0.4, 0.5) is 11.4 Å². The van der Waals surface area contributed by atoms with Crippen molar-refractivity contribution in [2.75, 3.05) is 23.7 Å². The van der Waals surface area contributed by atoms with E-state index in [1.807, 2.05) is 0 Å². The zero-order valence-electron chi connectivity index (χ0n) is 10.1. The lowest BCUT2D eigenvalue weighted by Crippen LogP contribution is -2.18. The summed E-state index contributed by atoms with van der Waals surface area (Å²) in [5, 5.41) is 11.0. The number of fused-ring (bicyclic) bond motifs is 1. The molecule has 1 aliphatic rings. The van der Waals surface area contributed by atoms with E-state index in [1.54, 1.807) is 0 Å². The first-order valence-electron chi connectivity index (χ1n) is 5.51. The molecule has 0 radical (unpaired) electrons. The van der Waals surface area contributed by atoms with Gasteiger partial charge in [0.15, 0.2) is 11.5 Å². The summed E-state index contributed by atoms with van der Waals surface area (Å²) in [4.78, 5) is 10.3. The molecule has 0 bridgehead atoms. The maximum absolute atomic E-state index is 11.5. The van der Waals surface area contributed by atoms with Crippen molar-refractivity contribution in [3.63, 3.8) is 0 Å². The Labute approximate surface area is 109 Å². The summed E-state index contributed by atoms with van der Waals surface area (Å²) >= 11 is 0. The predicted octanol–water partition coefficient (Wildman–Crippen LogP) is 1.13. The number of nitro groups is 1. The molecule has 0 amide bonds. The highest BCUT2D eigenvalue weighted by Gasteiger charge is 2.24. The Bertz CT molecular complexity index is 613. The molecule has 1 heterocycles. The van der Waals surface area contributed by atoms with Gasteiger partial charge in [-0.3, -0.25) is 14.8 Å². The van der Waals surface area contributed by atoms with Crippen LogP contribution in [0.2, 0.25) is 0 Å². The fourth-order valence-corrected chi connectivity index (χ4v) is 2.19. The highest BCUT2D eigenvalue weighted by Crippen LogP contribution is 2.39. The minimum atomic E-state index is -3.61. The Morgan fingerprint density at radius 2 is 1.89 bits per heavy atom. The van der Waals surface area contributed by atoms with Crippen molar-refractivity contribution >= 4 is 21.4 Å². The van der Waals surface area contributed by atoms with Gasteiger partial charge in [0.05, 0.1) is 16.7 Å². The monoisotopic (exact) mass is 288 g/mol. The quantitative estimate of drug-likeness (QED) is 0.657. The number of nitrogens with zero attached hydrogens (tertiary/aromatic N) is 1. The van der Waals surface area contributed by atoms with Gasteiger partial charge in [-0.05, 0) is 6.92 Å². The van der Waals surface area contributed by atoms with Gasteiger partial charge in [0.25, 0.3) is 5.69 Å². The van der Waals surface area contributed by atoms with Crippen LogP contribution in [0.1, 0.15) is 6.92 Å². The Hall–Kier alpha value is -2.03. The standard InChI is InChI=1S/C10H12N2O6S/c1-2-19(15,16)11-7-5-9-10(18-4-3-17-9)6-8(7)12(13)14/h5-6,11H,2-4H2,1H3. The van der Waals surface area contributed by atoms with E-state index in [2.05, 4.69) is 4.72 Å². The molecule has 0 fully saturated rings. The van der Waals surface area contributed by atoms with E-state index in [4.69, 9.17) is 9.47 Å². The van der Waals surface area contributed by atoms with E-state index in [0.717, 1.165) is 6.07 Å². The lowest BCUT2D eigenvalue weighted by atomic mass is 10.2. The fraction of sp³-hybridized carbons (Fsp3) is 0.400. The SMILES string of the molecule is CCS(=O)(=O)Nc1cc2c(cc1[N+](=O)[O-])OCCO2. The first kappa shape index (κ1) is 13.4. The molecule has 19 heavy (non-hydrogen) atoms. The maximum Gasteiger partial charge on any atom is 0.297 e. The average molecular weight is 288 g/mol. The number of anilines is 1. The van der Waals surface area contributed by atoms with Crippen molar-refractivity contribution in [2.45, 2.75) is 6.92 Å². The average Bonchev–Trinajstić information content (AvgIpc) is 2.37. The number of rotatable bonds is 4. The summed E-state index contributed by atoms with van der Waals surface area (Å²) in [5.74, 6) is 0.335. The van der Waals surface area contributed by atoms with E-state index in [0.29, 0.717) is 13.2 Å². The van der Waals surface area contributed by atoms with Crippen LogP contribution in [0.3, 0.4) is 0 Å². The molecule has 0 aliphatic carbocycles. The van der Waals surface area contributed by atoms with Gasteiger partial charge in [-0.1, -0.05) is 0 Å². The molecular weight excluding hydrogens is 276 g/mol. The smallest absolute Gasteiger partial charge is 0.297 e. The van der Waals surface area contributed by atoms with Gasteiger partial charge in [-0.2, -0.15) is 0 Å². The molecule has 1 aromatic rings. The minimum Gasteiger partial charge on any atom is -0.486 e. The molecule has 1 aromatic carbocycles. The Morgan fingerprint density at radius 3 is 2.42 bits per heavy atom. The summed E-state index contributed by atoms with van der Waals surface area (Å²) in [7, 11) is -3.61. The zero-order chi connectivity index (χ0) is 14.0. The molecule has 8 nitrogen and oxygen atoms in total. The lowest BCUT2D eigenvalue weighted by Gasteiger charge is -2.19. The molecule has 2 rings (SSSR count). The summed E-state index contributed by atoms with van der Waals surface area (Å²) in [6.45, 7) is 2.04. The number of ether oxygens (including phenoxy) is 2. The highest BCUT2D eigenvalue weighted by atomic mass is 32.2. The van der Waals surface area contributed by atoms with E-state index in [1.165, 1.54) is 13.0 Å². The fourth-order valence-electron chi connectivity index (χ4n) is 1.55. The molecule has 0 unspecified atom stereocenters. The third-order valence-electron chi connectivity index (χ3n) is 2.50. The molecular formula is C10H12N2O6S. The molecule has 9 heteroatoms. The Balaban J connectivity index is 2.49. The largest absolute Gasteiger partial charge is 0.486 e. The molecule has 1 N–H and O–H groups in total. The molecule has 0 aromatic heterocycles. The second kappa shape index (κ2) is 4.92. The number of nitrogens with one attached hydrogen (secondary N) is 1. The van der Waals surface area contributed by atoms with E-state index >= 15 is 0 Å². The third kappa shape index (κ3) is 2.87. The van der Waals surface area contributed by atoms with E-state index in [-0.39, 0.29) is 28.6 Å². The predicted molar refractivity (Wildman–Crippen MR) is 67.2 cm³/mol. The molecule has 0 spiro atoms. The number of sulfonamides is 1. The maximum atomic E-state index is 11.5. The van der Waals surface area contributed by atoms with Crippen LogP contribution in [-0.4, -0.2) is 32.3 Å². The molecule has 0 atom stereocenters. The van der Waals surface area contributed by atoms with Crippen molar-refractivity contribution < 1.29 is 22.8 Å². The van der Waals surface area contributed by atoms with Crippen LogP contribution in [0, 0.1) is 10.1 Å². The summed E-state index contributed by atoms with van der Waals surface area (Å²) in [6, 6.07) is 2.42. The van der Waals surface area contributed by atoms with Crippen molar-refractivity contribution in [3.05, 3.63) is 22.2 Å². The van der Waals surface area contributed by atoms with Gasteiger partial charge in [-0.15, -0.1) is 0 Å². The first-order valence-corrected chi connectivity index (χ1v) is 7.16.